The van der Waals surface area contributed by atoms with Crippen molar-refractivity contribution < 1.29 is 14.7 Å². The molecule has 1 aliphatic rings. The van der Waals surface area contributed by atoms with Gasteiger partial charge >= 0.3 is 0 Å². The van der Waals surface area contributed by atoms with Crippen molar-refractivity contribution in [3.05, 3.63) is 54.4 Å². The minimum absolute atomic E-state index is 0.00507. The molecule has 1 N–H and O–H groups in total. The molecule has 29 heavy (non-hydrogen) atoms. The smallest absolute Gasteiger partial charge is 0.222 e. The number of rotatable bonds is 7. The summed E-state index contributed by atoms with van der Waals surface area (Å²) in [4.78, 5) is 32.2. The number of carbonyl (C=O) groups excluding carboxylic acids is 2. The lowest BCUT2D eigenvalue weighted by molar-refractivity contribution is -0.154. The number of aliphatic hydroxyl groups excluding tert-OH is 1. The zero-order valence-electron chi connectivity index (χ0n) is 17.3. The van der Waals surface area contributed by atoms with Crippen LogP contribution in [0.3, 0.4) is 0 Å². The van der Waals surface area contributed by atoms with Crippen LogP contribution in [0.4, 0.5) is 0 Å². The van der Waals surface area contributed by atoms with Crippen LogP contribution in [0, 0.1) is 0 Å². The molecular formula is C23H29N3O3. The average molecular weight is 396 g/mol. The Morgan fingerprint density at radius 3 is 2.34 bits per heavy atom. The summed E-state index contributed by atoms with van der Waals surface area (Å²) in [5.41, 5.74) is 3.18. The number of hydrogen-bond acceptors (Lipinski definition) is 4. The topological polar surface area (TPSA) is 73.7 Å². The van der Waals surface area contributed by atoms with E-state index >= 15 is 0 Å². The Hall–Kier alpha value is -2.73. The Morgan fingerprint density at radius 2 is 1.83 bits per heavy atom. The van der Waals surface area contributed by atoms with Crippen LogP contribution in [-0.4, -0.2) is 63.5 Å². The first-order valence-electron chi connectivity index (χ1n) is 10.2. The van der Waals surface area contributed by atoms with Crippen LogP contribution >= 0.6 is 0 Å². The minimum Gasteiger partial charge on any atom is -0.394 e. The van der Waals surface area contributed by atoms with E-state index in [0.717, 1.165) is 16.7 Å². The maximum Gasteiger partial charge on any atom is 0.222 e. The maximum absolute atomic E-state index is 12.5. The Labute approximate surface area is 172 Å². The third kappa shape index (κ3) is 4.17. The highest BCUT2D eigenvalue weighted by Crippen LogP contribution is 2.42. The fourth-order valence-electron chi connectivity index (χ4n) is 4.28. The average Bonchev–Trinajstić information content (AvgIpc) is 2.74. The van der Waals surface area contributed by atoms with Crippen LogP contribution in [0.15, 0.2) is 48.8 Å². The Kier molecular flexibility index (Phi) is 6.64. The standard InChI is InChI=1S/C23H29N3O3/c1-4-22(29)26-20(14-25(5-2)16(3)28)23(21(26)15-27)18-10-8-17(9-11-18)19-7-6-12-24-13-19/h6-13,20-21,23,27H,4-5,14-15H2,1-3H3/t20-,21-,23-/m0/s1. The van der Waals surface area contributed by atoms with Gasteiger partial charge in [0.15, 0.2) is 0 Å². The van der Waals surface area contributed by atoms with E-state index in [1.165, 1.54) is 0 Å². The zero-order valence-corrected chi connectivity index (χ0v) is 17.3. The van der Waals surface area contributed by atoms with Gasteiger partial charge in [0.25, 0.3) is 0 Å². The highest BCUT2D eigenvalue weighted by molar-refractivity contribution is 5.79. The second kappa shape index (κ2) is 9.18. The van der Waals surface area contributed by atoms with E-state index in [1.54, 1.807) is 22.9 Å². The van der Waals surface area contributed by atoms with Crippen LogP contribution in [0.1, 0.15) is 38.7 Å². The van der Waals surface area contributed by atoms with Crippen LogP contribution in [0.25, 0.3) is 11.1 Å². The summed E-state index contributed by atoms with van der Waals surface area (Å²) in [5, 5.41) is 10.0. The normalized spacial score (nSPS) is 20.8. The summed E-state index contributed by atoms with van der Waals surface area (Å²) in [5.74, 6) is -0.00162. The number of aliphatic hydroxyl groups is 1. The molecule has 1 saturated heterocycles. The molecule has 1 fully saturated rings. The Balaban J connectivity index is 1.89. The molecular weight excluding hydrogens is 366 g/mol. The SMILES string of the molecule is CCC(=O)N1[C@@H](CO)[C@@H](c2ccc(-c3cccnc3)cc2)[C@@H]1CN(CC)C(C)=O. The van der Waals surface area contributed by atoms with Gasteiger partial charge in [-0.3, -0.25) is 14.6 Å². The number of benzene rings is 1. The minimum atomic E-state index is -0.262. The van der Waals surface area contributed by atoms with Gasteiger partial charge < -0.3 is 14.9 Å². The molecule has 0 saturated carbocycles. The fraction of sp³-hybridized carbons (Fsp3) is 0.435. The van der Waals surface area contributed by atoms with Crippen molar-refractivity contribution in [3.8, 4) is 11.1 Å². The molecule has 1 aromatic heterocycles. The first-order chi connectivity index (χ1) is 14.0. The molecule has 0 unspecified atom stereocenters. The first-order valence-corrected chi connectivity index (χ1v) is 10.2. The molecule has 0 bridgehead atoms. The van der Waals surface area contributed by atoms with Gasteiger partial charge in [-0.25, -0.2) is 0 Å². The molecule has 2 heterocycles. The molecule has 6 nitrogen and oxygen atoms in total. The van der Waals surface area contributed by atoms with Gasteiger partial charge in [0.2, 0.25) is 11.8 Å². The summed E-state index contributed by atoms with van der Waals surface area (Å²) >= 11 is 0. The number of likely N-dealkylation sites (tertiary alicyclic amines) is 1. The number of nitrogens with zero attached hydrogens (tertiary/aromatic N) is 3. The lowest BCUT2D eigenvalue weighted by Gasteiger charge is -2.56. The molecule has 0 radical (unpaired) electrons. The van der Waals surface area contributed by atoms with Crippen molar-refractivity contribution in [3.63, 3.8) is 0 Å². The van der Waals surface area contributed by atoms with E-state index < -0.39 is 0 Å². The van der Waals surface area contributed by atoms with E-state index in [9.17, 15) is 14.7 Å². The number of hydrogen-bond donors (Lipinski definition) is 1. The molecule has 1 aliphatic heterocycles. The number of carbonyl (C=O) groups is 2. The van der Waals surface area contributed by atoms with Gasteiger partial charge in [0, 0.05) is 44.7 Å². The molecule has 154 valence electrons. The van der Waals surface area contributed by atoms with Gasteiger partial charge in [-0.05, 0) is 29.7 Å². The summed E-state index contributed by atoms with van der Waals surface area (Å²) in [6, 6.07) is 11.7. The Bertz CT molecular complexity index is 838. The second-order valence-electron chi connectivity index (χ2n) is 7.42. The second-order valence-corrected chi connectivity index (χ2v) is 7.42. The zero-order chi connectivity index (χ0) is 21.0. The van der Waals surface area contributed by atoms with Crippen molar-refractivity contribution >= 4 is 11.8 Å². The lowest BCUT2D eigenvalue weighted by atomic mass is 9.74. The third-order valence-corrected chi connectivity index (χ3v) is 5.85. The van der Waals surface area contributed by atoms with Gasteiger partial charge in [-0.1, -0.05) is 37.3 Å². The molecule has 2 aromatic rings. The maximum atomic E-state index is 12.5. The van der Waals surface area contributed by atoms with Crippen LogP contribution in [0.2, 0.25) is 0 Å². The van der Waals surface area contributed by atoms with Crippen molar-refractivity contribution in [1.29, 1.82) is 0 Å². The quantitative estimate of drug-likeness (QED) is 0.782. The summed E-state index contributed by atoms with van der Waals surface area (Å²) in [7, 11) is 0. The van der Waals surface area contributed by atoms with E-state index in [1.807, 2.05) is 44.3 Å². The van der Waals surface area contributed by atoms with Crippen molar-refractivity contribution in [2.24, 2.45) is 0 Å². The van der Waals surface area contributed by atoms with E-state index in [-0.39, 0.29) is 36.4 Å². The third-order valence-electron chi connectivity index (χ3n) is 5.85. The molecule has 3 rings (SSSR count). The highest BCUT2D eigenvalue weighted by Gasteiger charge is 2.51. The number of aromatic nitrogens is 1. The van der Waals surface area contributed by atoms with E-state index in [2.05, 4.69) is 17.1 Å². The number of pyridine rings is 1. The monoisotopic (exact) mass is 395 g/mol. The van der Waals surface area contributed by atoms with Crippen LogP contribution in [0.5, 0.6) is 0 Å². The van der Waals surface area contributed by atoms with Crippen LogP contribution in [-0.2, 0) is 9.59 Å². The lowest BCUT2D eigenvalue weighted by Crippen LogP contribution is -2.68. The van der Waals surface area contributed by atoms with Crippen LogP contribution < -0.4 is 0 Å². The van der Waals surface area contributed by atoms with Gasteiger partial charge in [0.1, 0.15) is 0 Å². The summed E-state index contributed by atoms with van der Waals surface area (Å²) < 4.78 is 0. The molecule has 3 atom stereocenters. The fourth-order valence-corrected chi connectivity index (χ4v) is 4.28. The van der Waals surface area contributed by atoms with Gasteiger partial charge in [-0.2, -0.15) is 0 Å². The molecule has 0 spiro atoms. The largest absolute Gasteiger partial charge is 0.394 e. The number of likely N-dealkylation sites (N-methyl/N-ethyl adjacent to an activating group) is 1. The van der Waals surface area contributed by atoms with E-state index in [0.29, 0.717) is 19.5 Å². The van der Waals surface area contributed by atoms with E-state index in [4.69, 9.17) is 0 Å². The number of amides is 2. The summed E-state index contributed by atoms with van der Waals surface area (Å²) in [6.45, 7) is 6.29. The molecule has 1 aromatic carbocycles. The predicted octanol–water partition coefficient (Wildman–Crippen LogP) is 2.68. The predicted molar refractivity (Wildman–Crippen MR) is 112 cm³/mol. The molecule has 2 amide bonds. The van der Waals surface area contributed by atoms with Crippen molar-refractivity contribution in [2.45, 2.75) is 45.2 Å². The first kappa shape index (κ1) is 21.0. The molecule has 0 aliphatic carbocycles. The van der Waals surface area contributed by atoms with Gasteiger partial charge in [-0.15, -0.1) is 0 Å². The van der Waals surface area contributed by atoms with Crippen molar-refractivity contribution in [2.75, 3.05) is 19.7 Å². The summed E-state index contributed by atoms with van der Waals surface area (Å²) in [6.07, 6.45) is 3.95. The highest BCUT2D eigenvalue weighted by atomic mass is 16.3. The molecule has 6 heteroatoms. The van der Waals surface area contributed by atoms with Gasteiger partial charge in [0.05, 0.1) is 18.7 Å². The van der Waals surface area contributed by atoms with Crippen molar-refractivity contribution in [1.82, 2.24) is 14.8 Å². The Morgan fingerprint density at radius 1 is 1.10 bits per heavy atom.